The van der Waals surface area contributed by atoms with Crippen LogP contribution in [0, 0.1) is 6.92 Å². The Bertz CT molecular complexity index is 1170. The van der Waals surface area contributed by atoms with E-state index in [1.807, 2.05) is 19.1 Å². The lowest BCUT2D eigenvalue weighted by Gasteiger charge is -2.16. The van der Waals surface area contributed by atoms with Crippen molar-refractivity contribution < 1.29 is 13.2 Å². The summed E-state index contributed by atoms with van der Waals surface area (Å²) in [5.41, 5.74) is 1.60. The first-order chi connectivity index (χ1) is 13.3. The van der Waals surface area contributed by atoms with Crippen molar-refractivity contribution in [3.8, 4) is 0 Å². The number of halogens is 1. The van der Waals surface area contributed by atoms with Gasteiger partial charge in [-0.1, -0.05) is 11.6 Å². The number of carbonyl (C=O) groups excluding carboxylic acids is 1. The molecule has 1 N–H and O–H groups in total. The maximum atomic E-state index is 12.8. The van der Waals surface area contributed by atoms with E-state index in [4.69, 9.17) is 11.6 Å². The number of carbonyl (C=O) groups is 1. The minimum Gasteiger partial charge on any atom is -0.322 e. The van der Waals surface area contributed by atoms with Gasteiger partial charge in [0.25, 0.3) is 5.91 Å². The molecule has 1 saturated heterocycles. The van der Waals surface area contributed by atoms with Crippen molar-refractivity contribution in [1.82, 2.24) is 9.29 Å². The summed E-state index contributed by atoms with van der Waals surface area (Å²) in [7, 11) is -3.62. The summed E-state index contributed by atoms with van der Waals surface area (Å²) in [5, 5.41) is 3.94. The summed E-state index contributed by atoms with van der Waals surface area (Å²) in [6, 6.07) is 9.69. The number of nitrogens with one attached hydrogen (secondary N) is 1. The van der Waals surface area contributed by atoms with Crippen molar-refractivity contribution in [2.45, 2.75) is 24.7 Å². The Morgan fingerprint density at radius 3 is 2.68 bits per heavy atom. The number of aromatic nitrogens is 1. The Labute approximate surface area is 172 Å². The fourth-order valence-electron chi connectivity index (χ4n) is 3.23. The maximum Gasteiger partial charge on any atom is 0.257 e. The second-order valence-corrected chi connectivity index (χ2v) is 10.2. The van der Waals surface area contributed by atoms with Gasteiger partial charge < -0.3 is 5.32 Å². The minimum atomic E-state index is -3.62. The summed E-state index contributed by atoms with van der Waals surface area (Å²) in [6.07, 6.45) is 1.69. The van der Waals surface area contributed by atoms with Gasteiger partial charge in [0.05, 0.1) is 30.7 Å². The summed E-state index contributed by atoms with van der Waals surface area (Å²) >= 11 is 7.73. The predicted octanol–water partition coefficient (Wildman–Crippen LogP) is 4.29. The van der Waals surface area contributed by atoms with Gasteiger partial charge in [0.1, 0.15) is 0 Å². The third kappa shape index (κ3) is 3.65. The molecule has 1 aliphatic rings. The molecule has 9 heteroatoms. The molecule has 0 aliphatic carbocycles. The monoisotopic (exact) mass is 435 g/mol. The van der Waals surface area contributed by atoms with Gasteiger partial charge in [-0.25, -0.2) is 13.4 Å². The Morgan fingerprint density at radius 2 is 1.93 bits per heavy atom. The highest BCUT2D eigenvalue weighted by atomic mass is 35.5. The van der Waals surface area contributed by atoms with E-state index >= 15 is 0 Å². The van der Waals surface area contributed by atoms with E-state index in [0.717, 1.165) is 28.1 Å². The summed E-state index contributed by atoms with van der Waals surface area (Å²) < 4.78 is 28.0. The van der Waals surface area contributed by atoms with E-state index in [0.29, 0.717) is 18.8 Å². The van der Waals surface area contributed by atoms with E-state index in [1.165, 1.54) is 33.8 Å². The lowest BCUT2D eigenvalue weighted by atomic mass is 10.2. The molecular formula is C19H18ClN3O3S2. The summed E-state index contributed by atoms with van der Waals surface area (Å²) in [6.45, 7) is 2.93. The first-order valence-corrected chi connectivity index (χ1v) is 11.5. The maximum absolute atomic E-state index is 12.8. The second kappa shape index (κ2) is 7.44. The highest BCUT2D eigenvalue weighted by Gasteiger charge is 2.28. The number of fused-ring (bicyclic) bond motifs is 1. The zero-order valence-corrected chi connectivity index (χ0v) is 17.5. The Morgan fingerprint density at radius 1 is 1.18 bits per heavy atom. The zero-order chi connectivity index (χ0) is 19.9. The van der Waals surface area contributed by atoms with Crippen LogP contribution in [0.2, 0.25) is 5.02 Å². The zero-order valence-electron chi connectivity index (χ0n) is 15.1. The van der Waals surface area contributed by atoms with Crippen LogP contribution >= 0.6 is 22.9 Å². The highest BCUT2D eigenvalue weighted by Crippen LogP contribution is 2.28. The number of anilines is 1. The molecule has 0 radical (unpaired) electrons. The average molecular weight is 436 g/mol. The van der Waals surface area contributed by atoms with Gasteiger partial charge >= 0.3 is 0 Å². The lowest BCUT2D eigenvalue weighted by molar-refractivity contribution is 0.102. The molecule has 6 nitrogen and oxygen atoms in total. The van der Waals surface area contributed by atoms with Crippen LogP contribution in [0.15, 0.2) is 41.3 Å². The summed E-state index contributed by atoms with van der Waals surface area (Å²) in [4.78, 5) is 17.2. The van der Waals surface area contributed by atoms with Crippen LogP contribution in [0.25, 0.3) is 10.2 Å². The fourth-order valence-corrected chi connectivity index (χ4v) is 5.85. The molecule has 1 aromatic heterocycles. The van der Waals surface area contributed by atoms with E-state index in [2.05, 4.69) is 10.3 Å². The highest BCUT2D eigenvalue weighted by molar-refractivity contribution is 7.89. The van der Waals surface area contributed by atoms with Gasteiger partial charge in [-0.05, 0) is 56.2 Å². The topological polar surface area (TPSA) is 79.4 Å². The quantitative estimate of drug-likeness (QED) is 0.662. The first kappa shape index (κ1) is 19.3. The SMILES string of the molecule is Cc1nc2ccc(NC(=O)c3cc(S(=O)(=O)N4CCCC4)ccc3Cl)cc2s1. The molecule has 2 aromatic carbocycles. The standard InChI is InChI=1S/C19H18ClN3O3S2/c1-12-21-17-7-4-13(10-18(17)27-12)22-19(24)15-11-14(5-6-16(15)20)28(25,26)23-8-2-3-9-23/h4-7,10-11H,2-3,8-9H2,1H3,(H,22,24). The molecule has 1 fully saturated rings. The number of aryl methyl sites for hydroxylation is 1. The molecule has 4 rings (SSSR count). The van der Waals surface area contributed by atoms with Crippen LogP contribution in [-0.4, -0.2) is 36.7 Å². The lowest BCUT2D eigenvalue weighted by Crippen LogP contribution is -2.28. The van der Waals surface area contributed by atoms with E-state index < -0.39 is 15.9 Å². The number of amides is 1. The molecule has 3 aromatic rings. The van der Waals surface area contributed by atoms with Crippen molar-refractivity contribution in [3.63, 3.8) is 0 Å². The number of nitrogens with zero attached hydrogens (tertiary/aromatic N) is 2. The molecule has 0 atom stereocenters. The van der Waals surface area contributed by atoms with Gasteiger partial charge in [-0.2, -0.15) is 4.31 Å². The number of rotatable bonds is 4. The van der Waals surface area contributed by atoms with Crippen LogP contribution in [0.4, 0.5) is 5.69 Å². The number of hydrogen-bond acceptors (Lipinski definition) is 5. The van der Waals surface area contributed by atoms with Gasteiger partial charge in [0, 0.05) is 18.8 Å². The van der Waals surface area contributed by atoms with Crippen LogP contribution in [0.1, 0.15) is 28.2 Å². The van der Waals surface area contributed by atoms with Crippen molar-refractivity contribution in [2.75, 3.05) is 18.4 Å². The predicted molar refractivity (Wildman–Crippen MR) is 112 cm³/mol. The third-order valence-electron chi connectivity index (χ3n) is 4.64. The first-order valence-electron chi connectivity index (χ1n) is 8.83. The van der Waals surface area contributed by atoms with Gasteiger partial charge in [-0.3, -0.25) is 4.79 Å². The van der Waals surface area contributed by atoms with Gasteiger partial charge in [0.2, 0.25) is 10.0 Å². The van der Waals surface area contributed by atoms with Gasteiger partial charge in [-0.15, -0.1) is 11.3 Å². The van der Waals surface area contributed by atoms with Crippen LogP contribution in [0.3, 0.4) is 0 Å². The van der Waals surface area contributed by atoms with Crippen molar-refractivity contribution in [2.24, 2.45) is 0 Å². The van der Waals surface area contributed by atoms with E-state index in [-0.39, 0.29) is 15.5 Å². The molecule has 28 heavy (non-hydrogen) atoms. The average Bonchev–Trinajstić information content (AvgIpc) is 3.30. The molecule has 0 unspecified atom stereocenters. The normalized spacial score (nSPS) is 15.2. The van der Waals surface area contributed by atoms with E-state index in [1.54, 1.807) is 6.07 Å². The molecule has 0 saturated carbocycles. The summed E-state index contributed by atoms with van der Waals surface area (Å²) in [5.74, 6) is -0.455. The Hall–Kier alpha value is -2.00. The Kier molecular flexibility index (Phi) is 5.13. The van der Waals surface area contributed by atoms with Gasteiger partial charge in [0.15, 0.2) is 0 Å². The number of benzene rings is 2. The fraction of sp³-hybridized carbons (Fsp3) is 0.263. The van der Waals surface area contributed by atoms with Crippen molar-refractivity contribution >= 4 is 54.8 Å². The Balaban J connectivity index is 1.62. The molecule has 146 valence electrons. The molecule has 0 bridgehead atoms. The minimum absolute atomic E-state index is 0.0810. The third-order valence-corrected chi connectivity index (χ3v) is 7.80. The number of thiazole rings is 1. The van der Waals surface area contributed by atoms with Crippen LogP contribution in [0.5, 0.6) is 0 Å². The van der Waals surface area contributed by atoms with Crippen LogP contribution < -0.4 is 5.32 Å². The number of sulfonamides is 1. The number of hydrogen-bond donors (Lipinski definition) is 1. The molecule has 0 spiro atoms. The van der Waals surface area contributed by atoms with Crippen molar-refractivity contribution in [1.29, 1.82) is 0 Å². The van der Waals surface area contributed by atoms with Crippen molar-refractivity contribution in [3.05, 3.63) is 52.0 Å². The largest absolute Gasteiger partial charge is 0.322 e. The molecule has 2 heterocycles. The molecular weight excluding hydrogens is 418 g/mol. The van der Waals surface area contributed by atoms with Crippen LogP contribution in [-0.2, 0) is 10.0 Å². The second-order valence-electron chi connectivity index (χ2n) is 6.62. The molecule has 1 aliphatic heterocycles. The smallest absolute Gasteiger partial charge is 0.257 e. The molecule has 1 amide bonds. The van der Waals surface area contributed by atoms with E-state index in [9.17, 15) is 13.2 Å².